The summed E-state index contributed by atoms with van der Waals surface area (Å²) in [6, 6.07) is 3.28. The first-order valence-corrected chi connectivity index (χ1v) is 7.30. The summed E-state index contributed by atoms with van der Waals surface area (Å²) in [5, 5.41) is 8.04. The second-order valence-corrected chi connectivity index (χ2v) is 5.10. The lowest BCUT2D eigenvalue weighted by Gasteiger charge is -2.06. The van der Waals surface area contributed by atoms with E-state index in [9.17, 15) is 8.78 Å². The van der Waals surface area contributed by atoms with E-state index in [0.717, 1.165) is 5.56 Å². The number of aromatic nitrogens is 5. The number of ether oxygens (including phenoxy) is 1. The predicted octanol–water partition coefficient (Wildman–Crippen LogP) is 2.52. The molecular weight excluding hydrogens is 320 g/mol. The first kappa shape index (κ1) is 16.0. The molecule has 3 aromatic heterocycles. The van der Waals surface area contributed by atoms with Crippen molar-refractivity contribution in [3.05, 3.63) is 42.2 Å². The van der Waals surface area contributed by atoms with Crippen LogP contribution in [0.5, 0.6) is 5.88 Å². The van der Waals surface area contributed by atoms with E-state index in [1.807, 2.05) is 13.1 Å². The first-order valence-electron chi connectivity index (χ1n) is 7.30. The van der Waals surface area contributed by atoms with Crippen LogP contribution in [0.4, 0.5) is 8.78 Å². The van der Waals surface area contributed by atoms with Crippen molar-refractivity contribution in [2.75, 3.05) is 6.61 Å². The summed E-state index contributed by atoms with van der Waals surface area (Å²) >= 11 is 0. The lowest BCUT2D eigenvalue weighted by Crippen LogP contribution is -2.08. The van der Waals surface area contributed by atoms with E-state index < -0.39 is 13.0 Å². The zero-order valence-corrected chi connectivity index (χ0v) is 12.9. The van der Waals surface area contributed by atoms with Gasteiger partial charge in [0.2, 0.25) is 17.6 Å². The molecule has 0 amide bonds. The minimum Gasteiger partial charge on any atom is -0.471 e. The molecule has 0 saturated carbocycles. The fourth-order valence-corrected chi connectivity index (χ4v) is 2.08. The van der Waals surface area contributed by atoms with Crippen molar-refractivity contribution in [2.24, 2.45) is 0 Å². The van der Waals surface area contributed by atoms with Gasteiger partial charge in [0.05, 0.1) is 11.8 Å². The zero-order valence-electron chi connectivity index (χ0n) is 12.9. The van der Waals surface area contributed by atoms with Gasteiger partial charge >= 0.3 is 0 Å². The van der Waals surface area contributed by atoms with Gasteiger partial charge in [-0.15, -0.1) is 0 Å². The SMILES string of the molecule is Cc1cnn(CCc2nc(-c3cccnc3OCC(F)F)no2)c1. The summed E-state index contributed by atoms with van der Waals surface area (Å²) in [6.07, 6.45) is 3.04. The fourth-order valence-electron chi connectivity index (χ4n) is 2.08. The summed E-state index contributed by atoms with van der Waals surface area (Å²) in [5.74, 6) is 0.716. The standard InChI is InChI=1S/C15H15F2N5O2/c1-10-7-19-22(8-10)6-4-13-20-14(21-24-13)11-3-2-5-18-15(11)23-9-12(16)17/h2-3,5,7-8,12H,4,6,9H2,1H3. The Morgan fingerprint density at radius 3 is 3.00 bits per heavy atom. The number of hydrogen-bond acceptors (Lipinski definition) is 6. The molecule has 0 atom stereocenters. The Bertz CT molecular complexity index is 803. The van der Waals surface area contributed by atoms with Gasteiger partial charge in [0.1, 0.15) is 0 Å². The fraction of sp³-hybridized carbons (Fsp3) is 0.333. The van der Waals surface area contributed by atoms with Crippen LogP contribution in [0.15, 0.2) is 35.2 Å². The van der Waals surface area contributed by atoms with Crippen LogP contribution in [0, 0.1) is 6.92 Å². The Morgan fingerprint density at radius 2 is 2.25 bits per heavy atom. The van der Waals surface area contributed by atoms with E-state index in [2.05, 4.69) is 20.2 Å². The van der Waals surface area contributed by atoms with Gasteiger partial charge in [-0.3, -0.25) is 4.68 Å². The summed E-state index contributed by atoms with van der Waals surface area (Å²) in [6.45, 7) is 1.81. The molecule has 0 saturated heterocycles. The monoisotopic (exact) mass is 335 g/mol. The first-order chi connectivity index (χ1) is 11.6. The number of nitrogens with zero attached hydrogens (tertiary/aromatic N) is 5. The van der Waals surface area contributed by atoms with Crippen LogP contribution in [-0.2, 0) is 13.0 Å². The normalized spacial score (nSPS) is 11.2. The topological polar surface area (TPSA) is 78.9 Å². The number of hydrogen-bond donors (Lipinski definition) is 0. The second kappa shape index (κ2) is 7.16. The molecule has 0 N–H and O–H groups in total. The molecule has 0 aliphatic heterocycles. The molecule has 0 aromatic carbocycles. The number of halogens is 2. The maximum absolute atomic E-state index is 12.3. The highest BCUT2D eigenvalue weighted by atomic mass is 19.3. The van der Waals surface area contributed by atoms with Crippen LogP contribution in [-0.4, -0.2) is 37.9 Å². The third kappa shape index (κ3) is 3.92. The summed E-state index contributed by atoms with van der Waals surface area (Å²) < 4.78 is 36.6. The lowest BCUT2D eigenvalue weighted by atomic mass is 10.2. The maximum Gasteiger partial charge on any atom is 0.272 e. The highest BCUT2D eigenvalue weighted by molar-refractivity contribution is 5.60. The number of pyridine rings is 1. The van der Waals surface area contributed by atoms with Gasteiger partial charge in [-0.1, -0.05) is 5.16 Å². The van der Waals surface area contributed by atoms with Crippen LogP contribution >= 0.6 is 0 Å². The van der Waals surface area contributed by atoms with Crippen LogP contribution in [0.2, 0.25) is 0 Å². The van der Waals surface area contributed by atoms with Gasteiger partial charge < -0.3 is 9.26 Å². The van der Waals surface area contributed by atoms with Crippen molar-refractivity contribution in [3.63, 3.8) is 0 Å². The average Bonchev–Trinajstić information content (AvgIpc) is 3.20. The van der Waals surface area contributed by atoms with Crippen molar-refractivity contribution >= 4 is 0 Å². The zero-order chi connectivity index (χ0) is 16.9. The molecular formula is C15H15F2N5O2. The van der Waals surface area contributed by atoms with Crippen LogP contribution in [0.25, 0.3) is 11.4 Å². The molecule has 3 aromatic rings. The van der Waals surface area contributed by atoms with E-state index >= 15 is 0 Å². The lowest BCUT2D eigenvalue weighted by molar-refractivity contribution is 0.0799. The molecule has 0 spiro atoms. The van der Waals surface area contributed by atoms with Gasteiger partial charge in [-0.2, -0.15) is 10.1 Å². The number of aryl methyl sites for hydroxylation is 3. The van der Waals surface area contributed by atoms with Gasteiger partial charge in [-0.05, 0) is 24.6 Å². The molecule has 0 aliphatic carbocycles. The number of alkyl halides is 2. The summed E-state index contributed by atoms with van der Waals surface area (Å²) in [7, 11) is 0. The predicted molar refractivity (Wildman–Crippen MR) is 79.7 cm³/mol. The van der Waals surface area contributed by atoms with E-state index in [1.54, 1.807) is 23.0 Å². The van der Waals surface area contributed by atoms with Crippen molar-refractivity contribution < 1.29 is 18.0 Å². The van der Waals surface area contributed by atoms with Gasteiger partial charge in [0.25, 0.3) is 6.43 Å². The molecule has 24 heavy (non-hydrogen) atoms. The van der Waals surface area contributed by atoms with Crippen molar-refractivity contribution in [3.8, 4) is 17.3 Å². The third-order valence-corrected chi connectivity index (χ3v) is 3.14. The van der Waals surface area contributed by atoms with Crippen molar-refractivity contribution in [1.29, 1.82) is 0 Å². The molecule has 126 valence electrons. The molecule has 3 heterocycles. The van der Waals surface area contributed by atoms with Gasteiger partial charge in [0.15, 0.2) is 6.61 Å². The Balaban J connectivity index is 1.71. The molecule has 3 rings (SSSR count). The van der Waals surface area contributed by atoms with E-state index in [4.69, 9.17) is 9.26 Å². The highest BCUT2D eigenvalue weighted by Crippen LogP contribution is 2.25. The molecule has 7 nitrogen and oxygen atoms in total. The Morgan fingerprint density at radius 1 is 1.38 bits per heavy atom. The van der Waals surface area contributed by atoms with Crippen molar-refractivity contribution in [1.82, 2.24) is 24.9 Å². The van der Waals surface area contributed by atoms with E-state index in [-0.39, 0.29) is 11.7 Å². The maximum atomic E-state index is 12.3. The minimum absolute atomic E-state index is 0.0489. The Kier molecular flexibility index (Phi) is 4.78. The molecule has 0 aliphatic rings. The Labute approximate surface area is 136 Å². The van der Waals surface area contributed by atoms with Crippen LogP contribution in [0.1, 0.15) is 11.5 Å². The van der Waals surface area contributed by atoms with E-state index in [0.29, 0.717) is 24.4 Å². The third-order valence-electron chi connectivity index (χ3n) is 3.14. The van der Waals surface area contributed by atoms with E-state index in [1.165, 1.54) is 6.20 Å². The highest BCUT2D eigenvalue weighted by Gasteiger charge is 2.16. The molecule has 0 bridgehead atoms. The Hall–Kier alpha value is -2.84. The number of rotatable bonds is 7. The van der Waals surface area contributed by atoms with Crippen LogP contribution < -0.4 is 4.74 Å². The molecule has 0 unspecified atom stereocenters. The van der Waals surface area contributed by atoms with Gasteiger partial charge in [0, 0.05) is 25.4 Å². The molecule has 0 fully saturated rings. The average molecular weight is 335 g/mol. The quantitative estimate of drug-likeness (QED) is 0.660. The minimum atomic E-state index is -2.58. The summed E-state index contributed by atoms with van der Waals surface area (Å²) in [4.78, 5) is 8.21. The van der Waals surface area contributed by atoms with Gasteiger partial charge in [-0.25, -0.2) is 13.8 Å². The van der Waals surface area contributed by atoms with Crippen LogP contribution in [0.3, 0.4) is 0 Å². The second-order valence-electron chi connectivity index (χ2n) is 5.10. The molecule has 9 heteroatoms. The van der Waals surface area contributed by atoms with Crippen molar-refractivity contribution in [2.45, 2.75) is 26.3 Å². The molecule has 0 radical (unpaired) electrons. The largest absolute Gasteiger partial charge is 0.471 e. The summed E-state index contributed by atoms with van der Waals surface area (Å²) in [5.41, 5.74) is 1.47. The smallest absolute Gasteiger partial charge is 0.272 e.